The molecular formula is C16H16ClF2N3O3S. The predicted octanol–water partition coefficient (Wildman–Crippen LogP) is 3.11. The van der Waals surface area contributed by atoms with Gasteiger partial charge in [0.15, 0.2) is 5.82 Å². The SMILES string of the molecule is CNCc1cn(S(=O)(=O)c2ccoc2C)c(-c2cccnc2F)c1F.Cl. The number of nitrogens with one attached hydrogen (secondary N) is 1. The van der Waals surface area contributed by atoms with Gasteiger partial charge in [-0.1, -0.05) is 0 Å². The van der Waals surface area contributed by atoms with Gasteiger partial charge in [0.1, 0.15) is 16.3 Å². The number of rotatable bonds is 5. The summed E-state index contributed by atoms with van der Waals surface area (Å²) in [5.41, 5.74) is -0.561. The van der Waals surface area contributed by atoms with Crippen molar-refractivity contribution in [1.82, 2.24) is 14.3 Å². The number of aryl methyl sites for hydroxylation is 1. The van der Waals surface area contributed by atoms with Gasteiger partial charge in [-0.2, -0.15) is 4.39 Å². The largest absolute Gasteiger partial charge is 0.468 e. The standard InChI is InChI=1S/C16H15F2N3O3S.ClH/c1-10-13(5-7-24-10)25(22,23)21-9-11(8-19-2)14(17)15(21)12-4-3-6-20-16(12)18;/h3-7,9,19H,8H2,1-2H3;1H. The Balaban J connectivity index is 0.00000243. The number of hydrogen-bond acceptors (Lipinski definition) is 5. The van der Waals surface area contributed by atoms with E-state index in [-0.39, 0.29) is 40.7 Å². The number of aromatic nitrogens is 2. The van der Waals surface area contributed by atoms with Crippen molar-refractivity contribution in [2.24, 2.45) is 0 Å². The van der Waals surface area contributed by atoms with Crippen molar-refractivity contribution in [2.45, 2.75) is 18.4 Å². The van der Waals surface area contributed by atoms with Crippen LogP contribution in [-0.4, -0.2) is 24.4 Å². The number of nitrogens with zero attached hydrogens (tertiary/aromatic N) is 2. The van der Waals surface area contributed by atoms with Gasteiger partial charge in [0.05, 0.1) is 11.8 Å². The normalized spacial score (nSPS) is 11.4. The average Bonchev–Trinajstić information content (AvgIpc) is 3.14. The summed E-state index contributed by atoms with van der Waals surface area (Å²) in [6, 6.07) is 3.95. The summed E-state index contributed by atoms with van der Waals surface area (Å²) >= 11 is 0. The molecule has 6 nitrogen and oxygen atoms in total. The van der Waals surface area contributed by atoms with E-state index in [0.29, 0.717) is 0 Å². The molecule has 0 bridgehead atoms. The van der Waals surface area contributed by atoms with Crippen molar-refractivity contribution in [1.29, 1.82) is 0 Å². The van der Waals surface area contributed by atoms with E-state index in [2.05, 4.69) is 10.3 Å². The van der Waals surface area contributed by atoms with Gasteiger partial charge in [-0.05, 0) is 32.2 Å². The van der Waals surface area contributed by atoms with E-state index in [9.17, 15) is 17.2 Å². The van der Waals surface area contributed by atoms with Gasteiger partial charge in [-0.3, -0.25) is 0 Å². The molecule has 1 N–H and O–H groups in total. The second kappa shape index (κ2) is 7.56. The fourth-order valence-corrected chi connectivity index (χ4v) is 4.10. The van der Waals surface area contributed by atoms with E-state index in [4.69, 9.17) is 4.42 Å². The Morgan fingerprint density at radius 3 is 2.62 bits per heavy atom. The Hall–Kier alpha value is -2.23. The minimum atomic E-state index is -4.18. The molecule has 3 rings (SSSR count). The van der Waals surface area contributed by atoms with E-state index in [0.717, 1.165) is 10.2 Å². The minimum Gasteiger partial charge on any atom is -0.468 e. The highest BCUT2D eigenvalue weighted by Crippen LogP contribution is 2.32. The predicted molar refractivity (Wildman–Crippen MR) is 93.6 cm³/mol. The summed E-state index contributed by atoms with van der Waals surface area (Å²) in [5.74, 6) is -1.64. The first kappa shape index (κ1) is 20.1. The molecule has 0 amide bonds. The van der Waals surface area contributed by atoms with Crippen molar-refractivity contribution >= 4 is 22.4 Å². The van der Waals surface area contributed by atoms with Crippen LogP contribution in [0.25, 0.3) is 11.3 Å². The molecule has 140 valence electrons. The molecule has 0 unspecified atom stereocenters. The zero-order valence-corrected chi connectivity index (χ0v) is 15.5. The van der Waals surface area contributed by atoms with Crippen LogP contribution in [0.2, 0.25) is 0 Å². The van der Waals surface area contributed by atoms with Crippen LogP contribution in [0.4, 0.5) is 8.78 Å². The highest BCUT2D eigenvalue weighted by molar-refractivity contribution is 7.90. The zero-order chi connectivity index (χ0) is 18.2. The third-order valence-corrected chi connectivity index (χ3v) is 5.50. The summed E-state index contributed by atoms with van der Waals surface area (Å²) in [7, 11) is -2.59. The van der Waals surface area contributed by atoms with Gasteiger partial charge in [0.2, 0.25) is 5.95 Å². The smallest absolute Gasteiger partial charge is 0.271 e. The Bertz CT molecular complexity index is 1030. The van der Waals surface area contributed by atoms with E-state index < -0.39 is 27.5 Å². The maximum absolute atomic E-state index is 14.9. The van der Waals surface area contributed by atoms with Crippen LogP contribution in [-0.2, 0) is 16.6 Å². The van der Waals surface area contributed by atoms with Gasteiger partial charge in [0.25, 0.3) is 10.0 Å². The van der Waals surface area contributed by atoms with E-state index in [1.807, 2.05) is 0 Å². The molecule has 3 aromatic rings. The van der Waals surface area contributed by atoms with Crippen LogP contribution in [0, 0.1) is 18.7 Å². The van der Waals surface area contributed by atoms with Crippen LogP contribution in [0.15, 0.2) is 46.2 Å². The third kappa shape index (κ3) is 3.25. The molecule has 0 atom stereocenters. The lowest BCUT2D eigenvalue weighted by atomic mass is 10.2. The number of furan rings is 1. The first-order valence-electron chi connectivity index (χ1n) is 7.32. The van der Waals surface area contributed by atoms with Crippen molar-refractivity contribution in [3.63, 3.8) is 0 Å². The molecule has 26 heavy (non-hydrogen) atoms. The number of halogens is 3. The molecule has 0 spiro atoms. The number of hydrogen-bond donors (Lipinski definition) is 1. The number of pyridine rings is 1. The van der Waals surface area contributed by atoms with Gasteiger partial charge >= 0.3 is 0 Å². The summed E-state index contributed by atoms with van der Waals surface area (Å²) in [6.07, 6.45) is 3.56. The van der Waals surface area contributed by atoms with Gasteiger partial charge in [0, 0.05) is 24.5 Å². The Morgan fingerprint density at radius 1 is 1.31 bits per heavy atom. The van der Waals surface area contributed by atoms with Gasteiger partial charge < -0.3 is 9.73 Å². The maximum Gasteiger partial charge on any atom is 0.271 e. The average molecular weight is 404 g/mol. The lowest BCUT2D eigenvalue weighted by molar-refractivity contribution is 0.521. The second-order valence-electron chi connectivity index (χ2n) is 5.33. The highest BCUT2D eigenvalue weighted by Gasteiger charge is 2.30. The first-order valence-corrected chi connectivity index (χ1v) is 8.76. The molecule has 0 radical (unpaired) electrons. The molecule has 3 aromatic heterocycles. The quantitative estimate of drug-likeness (QED) is 0.662. The zero-order valence-electron chi connectivity index (χ0n) is 13.9. The van der Waals surface area contributed by atoms with E-state index in [1.165, 1.54) is 37.6 Å². The van der Waals surface area contributed by atoms with Crippen molar-refractivity contribution in [3.05, 3.63) is 59.9 Å². The summed E-state index contributed by atoms with van der Waals surface area (Å²) in [6.45, 7) is 1.55. The minimum absolute atomic E-state index is 0. The van der Waals surface area contributed by atoms with E-state index >= 15 is 0 Å². The Labute approximate surface area is 155 Å². The molecule has 0 aliphatic carbocycles. The van der Waals surface area contributed by atoms with Crippen molar-refractivity contribution < 1.29 is 21.6 Å². The lowest BCUT2D eigenvalue weighted by Crippen LogP contribution is -2.14. The summed E-state index contributed by atoms with van der Waals surface area (Å²) < 4.78 is 60.7. The molecule has 0 saturated heterocycles. The van der Waals surface area contributed by atoms with Crippen LogP contribution in [0.5, 0.6) is 0 Å². The molecule has 0 aromatic carbocycles. The lowest BCUT2D eigenvalue weighted by Gasteiger charge is -2.10. The Morgan fingerprint density at radius 2 is 2.04 bits per heavy atom. The van der Waals surface area contributed by atoms with Crippen LogP contribution in [0.1, 0.15) is 11.3 Å². The molecule has 10 heteroatoms. The highest BCUT2D eigenvalue weighted by atomic mass is 35.5. The van der Waals surface area contributed by atoms with Gasteiger partial charge in [-0.25, -0.2) is 21.8 Å². The van der Waals surface area contributed by atoms with Crippen molar-refractivity contribution in [2.75, 3.05) is 7.05 Å². The van der Waals surface area contributed by atoms with Crippen molar-refractivity contribution in [3.8, 4) is 11.3 Å². The fraction of sp³-hybridized carbons (Fsp3) is 0.188. The maximum atomic E-state index is 14.9. The monoisotopic (exact) mass is 403 g/mol. The molecule has 0 fully saturated rings. The van der Waals surface area contributed by atoms with Crippen LogP contribution in [0.3, 0.4) is 0 Å². The third-order valence-electron chi connectivity index (χ3n) is 3.71. The topological polar surface area (TPSA) is 77.1 Å². The molecule has 3 heterocycles. The first-order chi connectivity index (χ1) is 11.9. The molecular weight excluding hydrogens is 388 g/mol. The fourth-order valence-electron chi connectivity index (χ4n) is 2.56. The Kier molecular flexibility index (Phi) is 5.84. The molecule has 0 aliphatic rings. The van der Waals surface area contributed by atoms with Crippen LogP contribution >= 0.6 is 12.4 Å². The molecule has 0 saturated carbocycles. The second-order valence-corrected chi connectivity index (χ2v) is 7.11. The summed E-state index contributed by atoms with van der Waals surface area (Å²) in [5, 5.41) is 2.75. The van der Waals surface area contributed by atoms with Gasteiger partial charge in [-0.15, -0.1) is 12.4 Å². The summed E-state index contributed by atoms with van der Waals surface area (Å²) in [4.78, 5) is 3.36. The van der Waals surface area contributed by atoms with Crippen LogP contribution < -0.4 is 5.32 Å². The molecule has 0 aliphatic heterocycles. The van der Waals surface area contributed by atoms with E-state index in [1.54, 1.807) is 7.05 Å².